The minimum absolute atomic E-state index is 0.0201. The van der Waals surface area contributed by atoms with Crippen molar-refractivity contribution in [3.8, 4) is 0 Å². The molecule has 0 unspecified atom stereocenters. The normalized spacial score (nSPS) is 8.40. The van der Waals surface area contributed by atoms with Crippen molar-refractivity contribution in [2.45, 2.75) is 19.8 Å². The third-order valence-electron chi connectivity index (χ3n) is 1.30. The zero-order valence-electron chi connectivity index (χ0n) is 8.69. The van der Waals surface area contributed by atoms with Gasteiger partial charge in [0.2, 0.25) is 0 Å². The molecule has 0 aliphatic carbocycles. The summed E-state index contributed by atoms with van der Waals surface area (Å²) in [5, 5.41) is 24.4. The highest BCUT2D eigenvalue weighted by atomic mass is 16.4. The van der Waals surface area contributed by atoms with E-state index in [1.807, 2.05) is 0 Å². The van der Waals surface area contributed by atoms with Gasteiger partial charge in [-0.15, -0.1) is 0 Å². The van der Waals surface area contributed by atoms with Gasteiger partial charge in [-0.25, -0.2) is 9.59 Å². The molecular formula is C10H16O5. The number of rotatable bonds is 5. The van der Waals surface area contributed by atoms with Gasteiger partial charge in [0.25, 0.3) is 0 Å². The smallest absolute Gasteiger partial charge is 0.330 e. The van der Waals surface area contributed by atoms with Gasteiger partial charge in [0, 0.05) is 17.8 Å². The van der Waals surface area contributed by atoms with Crippen LogP contribution in [-0.2, 0) is 9.59 Å². The van der Waals surface area contributed by atoms with Gasteiger partial charge in [-0.2, -0.15) is 0 Å². The fraction of sp³-hybridized carbons (Fsp3) is 0.400. The molecule has 0 aromatic rings. The molecule has 0 atom stereocenters. The molecule has 0 fully saturated rings. The summed E-state index contributed by atoms with van der Waals surface area (Å²) in [6.45, 7) is 7.90. The number of hydrogen-bond acceptors (Lipinski definition) is 3. The summed E-state index contributed by atoms with van der Waals surface area (Å²) in [6, 6.07) is 0. The minimum atomic E-state index is -0.983. The Hall–Kier alpha value is -1.62. The Morgan fingerprint density at radius 3 is 1.73 bits per heavy atom. The molecule has 0 aliphatic rings. The molecule has 0 saturated carbocycles. The van der Waals surface area contributed by atoms with Crippen molar-refractivity contribution in [1.82, 2.24) is 0 Å². The first-order valence-corrected chi connectivity index (χ1v) is 4.23. The van der Waals surface area contributed by atoms with Crippen molar-refractivity contribution in [3.05, 3.63) is 24.3 Å². The summed E-state index contributed by atoms with van der Waals surface area (Å²) in [6.07, 6.45) is 0.844. The van der Waals surface area contributed by atoms with Crippen LogP contribution < -0.4 is 0 Å². The maximum Gasteiger partial charge on any atom is 0.330 e. The van der Waals surface area contributed by atoms with Gasteiger partial charge >= 0.3 is 11.9 Å². The fourth-order valence-electron chi connectivity index (χ4n) is 0.399. The maximum atomic E-state index is 10.0. The van der Waals surface area contributed by atoms with E-state index in [4.69, 9.17) is 15.3 Å². The van der Waals surface area contributed by atoms with E-state index in [2.05, 4.69) is 13.2 Å². The van der Waals surface area contributed by atoms with Gasteiger partial charge in [-0.05, 0) is 19.8 Å². The summed E-state index contributed by atoms with van der Waals surface area (Å²) in [5.74, 6) is -1.92. The number of aliphatic carboxylic acids is 2. The quantitative estimate of drug-likeness (QED) is 0.597. The lowest BCUT2D eigenvalue weighted by molar-refractivity contribution is -0.133. The lowest BCUT2D eigenvalue weighted by atomic mass is 10.2. The van der Waals surface area contributed by atoms with Gasteiger partial charge in [0.1, 0.15) is 0 Å². The van der Waals surface area contributed by atoms with Gasteiger partial charge in [-0.1, -0.05) is 13.2 Å². The molecule has 0 amide bonds. The molecule has 0 aliphatic heterocycles. The number of aliphatic hydroxyl groups excluding tert-OH is 1. The molecule has 15 heavy (non-hydrogen) atoms. The molecule has 0 saturated heterocycles. The van der Waals surface area contributed by atoms with Crippen LogP contribution >= 0.6 is 0 Å². The minimum Gasteiger partial charge on any atom is -0.478 e. The fourth-order valence-corrected chi connectivity index (χ4v) is 0.399. The summed E-state index contributed by atoms with van der Waals surface area (Å²) in [4.78, 5) is 19.6. The number of carboxylic acids is 2. The van der Waals surface area contributed by atoms with E-state index >= 15 is 0 Å². The molecule has 0 aromatic heterocycles. The molecule has 0 rings (SSSR count). The predicted molar refractivity (Wildman–Crippen MR) is 55.5 cm³/mol. The average molecular weight is 216 g/mol. The van der Waals surface area contributed by atoms with Crippen LogP contribution in [0, 0.1) is 0 Å². The largest absolute Gasteiger partial charge is 0.478 e. The maximum absolute atomic E-state index is 10.0. The second-order valence-electron chi connectivity index (χ2n) is 2.82. The Bertz CT molecular complexity index is 243. The molecule has 3 N–H and O–H groups in total. The Labute approximate surface area is 88.4 Å². The van der Waals surface area contributed by atoms with Crippen molar-refractivity contribution >= 4 is 11.9 Å². The molecule has 0 heterocycles. The van der Waals surface area contributed by atoms with Crippen molar-refractivity contribution in [3.63, 3.8) is 0 Å². The van der Waals surface area contributed by atoms with Crippen molar-refractivity contribution in [2.75, 3.05) is 6.61 Å². The van der Waals surface area contributed by atoms with Gasteiger partial charge in [-0.3, -0.25) is 0 Å². The first kappa shape index (κ1) is 15.8. The zero-order valence-corrected chi connectivity index (χ0v) is 8.69. The number of aliphatic hydroxyl groups is 1. The second kappa shape index (κ2) is 8.96. The topological polar surface area (TPSA) is 94.8 Å². The van der Waals surface area contributed by atoms with Crippen LogP contribution in [0.25, 0.3) is 0 Å². The SMILES string of the molecule is C=C(C)C(=O)O.C=C(CCCO)C(=O)O. The number of hydrogen-bond donors (Lipinski definition) is 3. The first-order chi connectivity index (χ1) is 6.82. The summed E-state index contributed by atoms with van der Waals surface area (Å²) in [5.41, 5.74) is 0.332. The second-order valence-corrected chi connectivity index (χ2v) is 2.82. The standard InChI is InChI=1S/C6H10O3.C4H6O2/c1-5(6(8)9)3-2-4-7;1-3(2)4(5)6/h7H,1-4H2,(H,8,9);1H2,2H3,(H,5,6). The lowest BCUT2D eigenvalue weighted by Gasteiger charge is -1.94. The average Bonchev–Trinajstić information content (AvgIpc) is 2.14. The molecule has 0 spiro atoms. The molecule has 5 nitrogen and oxygen atoms in total. The molecular weight excluding hydrogens is 200 g/mol. The van der Waals surface area contributed by atoms with Crippen LogP contribution in [0.1, 0.15) is 19.8 Å². The van der Waals surface area contributed by atoms with Gasteiger partial charge < -0.3 is 15.3 Å². The van der Waals surface area contributed by atoms with Crippen molar-refractivity contribution < 1.29 is 24.9 Å². The first-order valence-electron chi connectivity index (χ1n) is 4.23. The third-order valence-corrected chi connectivity index (χ3v) is 1.30. The number of carboxylic acid groups (broad SMARTS) is 2. The van der Waals surface area contributed by atoms with E-state index in [0.717, 1.165) is 0 Å². The Morgan fingerprint density at radius 2 is 1.53 bits per heavy atom. The molecule has 86 valence electrons. The third kappa shape index (κ3) is 12.4. The van der Waals surface area contributed by atoms with E-state index in [9.17, 15) is 9.59 Å². The Morgan fingerprint density at radius 1 is 1.13 bits per heavy atom. The summed E-state index contributed by atoms with van der Waals surface area (Å²) >= 11 is 0. The zero-order chi connectivity index (χ0) is 12.4. The highest BCUT2D eigenvalue weighted by molar-refractivity contribution is 5.85. The molecule has 0 radical (unpaired) electrons. The highest BCUT2D eigenvalue weighted by Crippen LogP contribution is 2.00. The highest BCUT2D eigenvalue weighted by Gasteiger charge is 2.00. The van der Waals surface area contributed by atoms with Crippen LogP contribution in [0.2, 0.25) is 0 Å². The van der Waals surface area contributed by atoms with E-state index in [-0.39, 0.29) is 17.8 Å². The van der Waals surface area contributed by atoms with Crippen LogP contribution in [-0.4, -0.2) is 33.9 Å². The Kier molecular flexibility index (Phi) is 9.45. The number of carbonyl (C=O) groups is 2. The molecule has 0 aromatic carbocycles. The molecule has 5 heteroatoms. The lowest BCUT2D eigenvalue weighted by Crippen LogP contribution is -1.99. The summed E-state index contributed by atoms with van der Waals surface area (Å²) < 4.78 is 0. The van der Waals surface area contributed by atoms with E-state index in [1.165, 1.54) is 6.92 Å². The van der Waals surface area contributed by atoms with E-state index in [0.29, 0.717) is 12.8 Å². The van der Waals surface area contributed by atoms with Crippen LogP contribution in [0.3, 0.4) is 0 Å². The van der Waals surface area contributed by atoms with Crippen LogP contribution in [0.5, 0.6) is 0 Å². The van der Waals surface area contributed by atoms with Crippen LogP contribution in [0.4, 0.5) is 0 Å². The monoisotopic (exact) mass is 216 g/mol. The molecule has 0 bridgehead atoms. The van der Waals surface area contributed by atoms with Crippen molar-refractivity contribution in [2.24, 2.45) is 0 Å². The van der Waals surface area contributed by atoms with E-state index in [1.54, 1.807) is 0 Å². The predicted octanol–water partition coefficient (Wildman–Crippen LogP) is 1.05. The van der Waals surface area contributed by atoms with Crippen LogP contribution in [0.15, 0.2) is 24.3 Å². The van der Waals surface area contributed by atoms with Gasteiger partial charge in [0.05, 0.1) is 0 Å². The van der Waals surface area contributed by atoms with E-state index < -0.39 is 11.9 Å². The van der Waals surface area contributed by atoms with Crippen molar-refractivity contribution in [1.29, 1.82) is 0 Å². The summed E-state index contributed by atoms with van der Waals surface area (Å²) in [7, 11) is 0. The Balaban J connectivity index is 0. The van der Waals surface area contributed by atoms with Gasteiger partial charge in [0.15, 0.2) is 0 Å².